The summed E-state index contributed by atoms with van der Waals surface area (Å²) >= 11 is 0. The van der Waals surface area contributed by atoms with Gasteiger partial charge in [0.1, 0.15) is 0 Å². The van der Waals surface area contributed by atoms with Gasteiger partial charge in [0, 0.05) is 12.6 Å². The highest BCUT2D eigenvalue weighted by Crippen LogP contribution is 2.24. The van der Waals surface area contributed by atoms with Crippen molar-refractivity contribution in [1.29, 1.82) is 0 Å². The standard InChI is InChI=1S/C14H30N2O/c1-7-10(2)11(3)16-13(17)12(9-15)8-14(4,5)6/h10-12H,7-9,15H2,1-6H3,(H,16,17). The number of carbonyl (C=O) groups is 1. The number of carbonyl (C=O) groups excluding carboxylic acids is 1. The molecule has 3 unspecified atom stereocenters. The summed E-state index contributed by atoms with van der Waals surface area (Å²) in [6.45, 7) is 13.2. The van der Waals surface area contributed by atoms with Crippen molar-refractivity contribution in [2.75, 3.05) is 6.54 Å². The Morgan fingerprint density at radius 3 is 2.18 bits per heavy atom. The Hall–Kier alpha value is -0.570. The van der Waals surface area contributed by atoms with Gasteiger partial charge >= 0.3 is 0 Å². The van der Waals surface area contributed by atoms with Crippen molar-refractivity contribution in [3.63, 3.8) is 0 Å². The first-order valence-electron chi connectivity index (χ1n) is 6.71. The lowest BCUT2D eigenvalue weighted by Gasteiger charge is -2.27. The first kappa shape index (κ1) is 16.4. The van der Waals surface area contributed by atoms with Gasteiger partial charge in [-0.05, 0) is 24.7 Å². The van der Waals surface area contributed by atoms with Crippen LogP contribution in [-0.2, 0) is 4.79 Å². The number of hydrogen-bond acceptors (Lipinski definition) is 2. The predicted molar refractivity (Wildman–Crippen MR) is 73.7 cm³/mol. The van der Waals surface area contributed by atoms with Gasteiger partial charge in [-0.25, -0.2) is 0 Å². The molecule has 0 aliphatic rings. The second-order valence-electron chi connectivity index (χ2n) is 6.38. The van der Waals surface area contributed by atoms with E-state index < -0.39 is 0 Å². The second-order valence-corrected chi connectivity index (χ2v) is 6.38. The summed E-state index contributed by atoms with van der Waals surface area (Å²) in [6.07, 6.45) is 1.91. The summed E-state index contributed by atoms with van der Waals surface area (Å²) < 4.78 is 0. The minimum Gasteiger partial charge on any atom is -0.353 e. The molecule has 0 spiro atoms. The topological polar surface area (TPSA) is 55.1 Å². The maximum atomic E-state index is 12.1. The van der Waals surface area contributed by atoms with Crippen LogP contribution in [0.5, 0.6) is 0 Å². The average Bonchev–Trinajstić information content (AvgIpc) is 2.23. The first-order valence-corrected chi connectivity index (χ1v) is 6.71. The van der Waals surface area contributed by atoms with Gasteiger partial charge in [0.2, 0.25) is 5.91 Å². The van der Waals surface area contributed by atoms with Crippen molar-refractivity contribution in [1.82, 2.24) is 5.32 Å². The third-order valence-electron chi connectivity index (χ3n) is 3.38. The van der Waals surface area contributed by atoms with Gasteiger partial charge in [0.05, 0.1) is 5.92 Å². The van der Waals surface area contributed by atoms with Crippen LogP contribution in [0.2, 0.25) is 0 Å². The van der Waals surface area contributed by atoms with Crippen molar-refractivity contribution in [2.24, 2.45) is 23.0 Å². The third-order valence-corrected chi connectivity index (χ3v) is 3.38. The van der Waals surface area contributed by atoms with E-state index >= 15 is 0 Å². The highest BCUT2D eigenvalue weighted by Gasteiger charge is 2.25. The van der Waals surface area contributed by atoms with E-state index in [-0.39, 0.29) is 23.3 Å². The van der Waals surface area contributed by atoms with Gasteiger partial charge in [-0.2, -0.15) is 0 Å². The molecule has 0 aliphatic heterocycles. The normalized spacial score (nSPS) is 17.4. The summed E-state index contributed by atoms with van der Waals surface area (Å²) in [4.78, 5) is 12.1. The van der Waals surface area contributed by atoms with Gasteiger partial charge < -0.3 is 11.1 Å². The summed E-state index contributed by atoms with van der Waals surface area (Å²) in [6, 6.07) is 0.224. The molecule has 3 N–H and O–H groups in total. The average molecular weight is 242 g/mol. The van der Waals surface area contributed by atoms with Crippen molar-refractivity contribution in [3.05, 3.63) is 0 Å². The highest BCUT2D eigenvalue weighted by atomic mass is 16.1. The molecule has 0 aromatic heterocycles. The molecular weight excluding hydrogens is 212 g/mol. The molecule has 0 aromatic rings. The molecule has 1 amide bonds. The number of rotatable bonds is 6. The molecule has 0 rings (SSSR count). The second kappa shape index (κ2) is 7.00. The van der Waals surface area contributed by atoms with E-state index in [1.807, 2.05) is 0 Å². The molecule has 3 atom stereocenters. The van der Waals surface area contributed by atoms with Gasteiger partial charge in [0.25, 0.3) is 0 Å². The number of nitrogens with two attached hydrogens (primary N) is 1. The van der Waals surface area contributed by atoms with Crippen LogP contribution in [-0.4, -0.2) is 18.5 Å². The molecule has 3 nitrogen and oxygen atoms in total. The lowest BCUT2D eigenvalue weighted by atomic mass is 9.84. The maximum absolute atomic E-state index is 12.1. The molecule has 3 heteroatoms. The first-order chi connectivity index (χ1) is 7.71. The minimum absolute atomic E-state index is 0.0680. The zero-order valence-electron chi connectivity index (χ0n) is 12.3. The Morgan fingerprint density at radius 2 is 1.82 bits per heavy atom. The third kappa shape index (κ3) is 6.67. The minimum atomic E-state index is -0.0680. The lowest BCUT2D eigenvalue weighted by molar-refractivity contribution is -0.126. The fourth-order valence-corrected chi connectivity index (χ4v) is 1.86. The van der Waals surface area contributed by atoms with Crippen LogP contribution in [0.25, 0.3) is 0 Å². The van der Waals surface area contributed by atoms with Crippen LogP contribution < -0.4 is 11.1 Å². The zero-order chi connectivity index (χ0) is 13.6. The molecule has 0 heterocycles. The van der Waals surface area contributed by atoms with Crippen LogP contribution in [0.3, 0.4) is 0 Å². The molecular formula is C14H30N2O. The Labute approximate surface area is 107 Å². The molecule has 0 saturated heterocycles. The monoisotopic (exact) mass is 242 g/mol. The number of amides is 1. The molecule has 0 saturated carbocycles. The molecule has 0 radical (unpaired) electrons. The number of nitrogens with one attached hydrogen (secondary N) is 1. The molecule has 17 heavy (non-hydrogen) atoms. The quantitative estimate of drug-likeness (QED) is 0.752. The van der Waals surface area contributed by atoms with E-state index in [2.05, 4.69) is 46.9 Å². The molecule has 0 fully saturated rings. The van der Waals surface area contributed by atoms with Crippen molar-refractivity contribution in [3.8, 4) is 0 Å². The summed E-state index contributed by atoms with van der Waals surface area (Å²) in [5, 5.41) is 3.09. The number of hydrogen-bond donors (Lipinski definition) is 2. The van der Waals surface area contributed by atoms with Crippen LogP contribution in [0, 0.1) is 17.3 Å². The highest BCUT2D eigenvalue weighted by molar-refractivity contribution is 5.79. The van der Waals surface area contributed by atoms with Crippen LogP contribution in [0.1, 0.15) is 54.4 Å². The Balaban J connectivity index is 4.36. The Bertz CT molecular complexity index is 233. The largest absolute Gasteiger partial charge is 0.353 e. The van der Waals surface area contributed by atoms with Crippen LogP contribution in [0.15, 0.2) is 0 Å². The van der Waals surface area contributed by atoms with E-state index in [4.69, 9.17) is 5.73 Å². The van der Waals surface area contributed by atoms with E-state index in [9.17, 15) is 4.79 Å². The fourth-order valence-electron chi connectivity index (χ4n) is 1.86. The Kier molecular flexibility index (Phi) is 6.76. The molecule has 0 bridgehead atoms. The predicted octanol–water partition coefficient (Wildman–Crippen LogP) is 2.55. The smallest absolute Gasteiger partial charge is 0.224 e. The van der Waals surface area contributed by atoms with Gasteiger partial charge in [-0.15, -0.1) is 0 Å². The maximum Gasteiger partial charge on any atom is 0.224 e. The lowest BCUT2D eigenvalue weighted by Crippen LogP contribution is -2.43. The summed E-state index contributed by atoms with van der Waals surface area (Å²) in [7, 11) is 0. The zero-order valence-corrected chi connectivity index (χ0v) is 12.3. The summed E-state index contributed by atoms with van der Waals surface area (Å²) in [5.41, 5.74) is 5.84. The molecule has 102 valence electrons. The SMILES string of the molecule is CCC(C)C(C)NC(=O)C(CN)CC(C)(C)C. The van der Waals surface area contributed by atoms with E-state index in [0.717, 1.165) is 12.8 Å². The van der Waals surface area contributed by atoms with Crippen LogP contribution in [0.4, 0.5) is 0 Å². The molecule has 0 aromatic carbocycles. The molecule has 0 aliphatic carbocycles. The van der Waals surface area contributed by atoms with Crippen molar-refractivity contribution < 1.29 is 4.79 Å². The van der Waals surface area contributed by atoms with E-state index in [1.165, 1.54) is 0 Å². The van der Waals surface area contributed by atoms with Gasteiger partial charge in [-0.3, -0.25) is 4.79 Å². The van der Waals surface area contributed by atoms with Crippen molar-refractivity contribution in [2.45, 2.75) is 60.4 Å². The summed E-state index contributed by atoms with van der Waals surface area (Å²) in [5.74, 6) is 0.545. The van der Waals surface area contributed by atoms with Gasteiger partial charge in [-0.1, -0.05) is 41.0 Å². The van der Waals surface area contributed by atoms with Crippen LogP contribution >= 0.6 is 0 Å². The van der Waals surface area contributed by atoms with Crippen molar-refractivity contribution >= 4 is 5.91 Å². The Morgan fingerprint density at radius 1 is 1.29 bits per heavy atom. The van der Waals surface area contributed by atoms with E-state index in [1.54, 1.807) is 0 Å². The van der Waals surface area contributed by atoms with Gasteiger partial charge in [0.15, 0.2) is 0 Å². The fraction of sp³-hybridized carbons (Fsp3) is 0.929. The van der Waals surface area contributed by atoms with E-state index in [0.29, 0.717) is 12.5 Å².